The molecule has 1 aromatic heterocycles. The lowest BCUT2D eigenvalue weighted by molar-refractivity contribution is 0.0600. The number of aromatic nitrogens is 2. The summed E-state index contributed by atoms with van der Waals surface area (Å²) in [5, 5.41) is 5.95. The van der Waals surface area contributed by atoms with Crippen LogP contribution in [0.1, 0.15) is 32.2 Å². The Labute approximate surface area is 162 Å². The van der Waals surface area contributed by atoms with E-state index in [-0.39, 0.29) is 11.6 Å². The highest BCUT2D eigenvalue weighted by molar-refractivity contribution is 6.03. The van der Waals surface area contributed by atoms with E-state index < -0.39 is 5.97 Å². The van der Waals surface area contributed by atoms with Gasteiger partial charge in [0.05, 0.1) is 12.7 Å². The highest BCUT2D eigenvalue weighted by Crippen LogP contribution is 2.18. The van der Waals surface area contributed by atoms with Crippen molar-refractivity contribution in [1.82, 2.24) is 9.97 Å². The monoisotopic (exact) mass is 376 g/mol. The predicted molar refractivity (Wildman–Crippen MR) is 107 cm³/mol. The summed E-state index contributed by atoms with van der Waals surface area (Å²) in [7, 11) is 1.33. The summed E-state index contributed by atoms with van der Waals surface area (Å²) in [5.41, 5.74) is 3.17. The fourth-order valence-corrected chi connectivity index (χ4v) is 2.62. The molecule has 0 aliphatic rings. The van der Waals surface area contributed by atoms with Gasteiger partial charge in [-0.15, -0.1) is 0 Å². The van der Waals surface area contributed by atoms with Crippen LogP contribution >= 0.6 is 0 Å². The maximum Gasteiger partial charge on any atom is 0.337 e. The lowest BCUT2D eigenvalue weighted by atomic mass is 10.2. The van der Waals surface area contributed by atoms with Gasteiger partial charge >= 0.3 is 5.97 Å². The molecule has 0 saturated carbocycles. The Kier molecular flexibility index (Phi) is 5.64. The third-order valence-electron chi connectivity index (χ3n) is 3.92. The Bertz CT molecular complexity index is 1020. The first-order valence-corrected chi connectivity index (χ1v) is 8.64. The summed E-state index contributed by atoms with van der Waals surface area (Å²) in [6.45, 7) is 3.67. The van der Waals surface area contributed by atoms with E-state index in [2.05, 4.69) is 25.3 Å². The van der Waals surface area contributed by atoms with Crippen molar-refractivity contribution >= 4 is 29.1 Å². The second-order valence-corrected chi connectivity index (χ2v) is 6.20. The van der Waals surface area contributed by atoms with Crippen LogP contribution < -0.4 is 10.6 Å². The normalized spacial score (nSPS) is 10.2. The molecule has 7 heteroatoms. The average molecular weight is 376 g/mol. The van der Waals surface area contributed by atoms with Gasteiger partial charge in [-0.05, 0) is 55.8 Å². The molecule has 1 heterocycles. The van der Waals surface area contributed by atoms with Gasteiger partial charge in [-0.25, -0.2) is 14.8 Å². The van der Waals surface area contributed by atoms with E-state index >= 15 is 0 Å². The van der Waals surface area contributed by atoms with E-state index in [9.17, 15) is 9.59 Å². The maximum atomic E-state index is 12.6. The third-order valence-corrected chi connectivity index (χ3v) is 3.92. The number of benzene rings is 2. The second kappa shape index (κ2) is 8.30. The Morgan fingerprint density at radius 2 is 1.68 bits per heavy atom. The SMILES string of the molecule is COC(=O)c1ccc(Nc2cc(C(=O)Nc3cccc(C)c3)nc(C)n2)cc1. The number of esters is 1. The number of nitrogens with one attached hydrogen (secondary N) is 2. The van der Waals surface area contributed by atoms with E-state index in [0.29, 0.717) is 22.9 Å². The second-order valence-electron chi connectivity index (χ2n) is 6.20. The van der Waals surface area contributed by atoms with Crippen molar-refractivity contribution in [2.75, 3.05) is 17.7 Å². The molecule has 3 aromatic rings. The number of nitrogens with zero attached hydrogens (tertiary/aromatic N) is 2. The van der Waals surface area contributed by atoms with Crippen LogP contribution in [-0.4, -0.2) is 29.0 Å². The Hall–Kier alpha value is -3.74. The smallest absolute Gasteiger partial charge is 0.337 e. The van der Waals surface area contributed by atoms with Crippen LogP contribution in [0.3, 0.4) is 0 Å². The van der Waals surface area contributed by atoms with Gasteiger partial charge in [0.25, 0.3) is 5.91 Å². The van der Waals surface area contributed by atoms with Crippen molar-refractivity contribution in [2.24, 2.45) is 0 Å². The molecule has 0 aliphatic heterocycles. The maximum absolute atomic E-state index is 12.6. The summed E-state index contributed by atoms with van der Waals surface area (Å²) in [6, 6.07) is 15.9. The van der Waals surface area contributed by atoms with Crippen LogP contribution in [0.5, 0.6) is 0 Å². The first-order chi connectivity index (χ1) is 13.4. The van der Waals surface area contributed by atoms with E-state index in [1.54, 1.807) is 37.3 Å². The number of amides is 1. The van der Waals surface area contributed by atoms with E-state index in [4.69, 9.17) is 0 Å². The minimum absolute atomic E-state index is 0.252. The summed E-state index contributed by atoms with van der Waals surface area (Å²) in [6.07, 6.45) is 0. The third kappa shape index (κ3) is 4.70. The van der Waals surface area contributed by atoms with Crippen molar-refractivity contribution in [3.63, 3.8) is 0 Å². The summed E-state index contributed by atoms with van der Waals surface area (Å²) in [4.78, 5) is 32.6. The predicted octanol–water partition coefficient (Wildman–Crippen LogP) is 3.88. The van der Waals surface area contributed by atoms with Crippen molar-refractivity contribution in [2.45, 2.75) is 13.8 Å². The van der Waals surface area contributed by atoms with Gasteiger partial charge in [0.2, 0.25) is 0 Å². The molecule has 0 spiro atoms. The lowest BCUT2D eigenvalue weighted by Gasteiger charge is -2.10. The molecule has 3 rings (SSSR count). The zero-order valence-electron chi connectivity index (χ0n) is 15.8. The van der Waals surface area contributed by atoms with Crippen molar-refractivity contribution in [3.05, 3.63) is 77.2 Å². The first kappa shape index (κ1) is 19.0. The number of ether oxygens (including phenoxy) is 1. The molecule has 2 aromatic carbocycles. The molecule has 2 N–H and O–H groups in total. The van der Waals surface area contributed by atoms with Gasteiger partial charge in [-0.3, -0.25) is 4.79 Å². The number of hydrogen-bond acceptors (Lipinski definition) is 6. The molecule has 0 fully saturated rings. The molecule has 0 unspecified atom stereocenters. The number of carbonyl (C=O) groups is 2. The fraction of sp³-hybridized carbons (Fsp3) is 0.143. The molecule has 142 valence electrons. The number of carbonyl (C=O) groups excluding carboxylic acids is 2. The lowest BCUT2D eigenvalue weighted by Crippen LogP contribution is -2.15. The molecule has 28 heavy (non-hydrogen) atoms. The quantitative estimate of drug-likeness (QED) is 0.657. The summed E-state index contributed by atoms with van der Waals surface area (Å²) in [5.74, 6) is 0.220. The number of aryl methyl sites for hydroxylation is 2. The van der Waals surface area contributed by atoms with Crippen LogP contribution in [0.15, 0.2) is 54.6 Å². The average Bonchev–Trinajstić information content (AvgIpc) is 2.67. The minimum atomic E-state index is -0.403. The van der Waals surface area contributed by atoms with Gasteiger partial charge in [-0.1, -0.05) is 12.1 Å². The van der Waals surface area contributed by atoms with Crippen LogP contribution in [0.25, 0.3) is 0 Å². The molecule has 0 bridgehead atoms. The number of methoxy groups -OCH3 is 1. The van der Waals surface area contributed by atoms with Crippen LogP contribution in [-0.2, 0) is 4.74 Å². The molecular weight excluding hydrogens is 356 g/mol. The zero-order chi connectivity index (χ0) is 20.1. The van der Waals surface area contributed by atoms with Crippen molar-refractivity contribution in [1.29, 1.82) is 0 Å². The molecule has 7 nitrogen and oxygen atoms in total. The Morgan fingerprint density at radius 1 is 0.929 bits per heavy atom. The van der Waals surface area contributed by atoms with E-state index in [1.165, 1.54) is 7.11 Å². The van der Waals surface area contributed by atoms with Crippen LogP contribution in [0.2, 0.25) is 0 Å². The molecule has 1 amide bonds. The summed E-state index contributed by atoms with van der Waals surface area (Å²) < 4.78 is 4.68. The van der Waals surface area contributed by atoms with Gasteiger partial charge in [-0.2, -0.15) is 0 Å². The van der Waals surface area contributed by atoms with Gasteiger partial charge in [0.15, 0.2) is 0 Å². The van der Waals surface area contributed by atoms with Gasteiger partial charge in [0, 0.05) is 17.4 Å². The minimum Gasteiger partial charge on any atom is -0.465 e. The summed E-state index contributed by atoms with van der Waals surface area (Å²) >= 11 is 0. The zero-order valence-corrected chi connectivity index (χ0v) is 15.8. The number of hydrogen-bond donors (Lipinski definition) is 2. The largest absolute Gasteiger partial charge is 0.465 e. The highest BCUT2D eigenvalue weighted by atomic mass is 16.5. The highest BCUT2D eigenvalue weighted by Gasteiger charge is 2.12. The molecule has 0 saturated heterocycles. The topological polar surface area (TPSA) is 93.2 Å². The Morgan fingerprint density at radius 3 is 2.36 bits per heavy atom. The molecular formula is C21H20N4O3. The van der Waals surface area contributed by atoms with Crippen LogP contribution in [0.4, 0.5) is 17.2 Å². The molecule has 0 atom stereocenters. The van der Waals surface area contributed by atoms with E-state index in [0.717, 1.165) is 11.3 Å². The van der Waals surface area contributed by atoms with Crippen LogP contribution in [0, 0.1) is 13.8 Å². The molecule has 0 aliphatic carbocycles. The van der Waals surface area contributed by atoms with Crippen molar-refractivity contribution < 1.29 is 14.3 Å². The Balaban J connectivity index is 1.77. The van der Waals surface area contributed by atoms with Gasteiger partial charge in [0.1, 0.15) is 17.3 Å². The molecule has 0 radical (unpaired) electrons. The number of anilines is 3. The van der Waals surface area contributed by atoms with Crippen molar-refractivity contribution in [3.8, 4) is 0 Å². The number of rotatable bonds is 5. The van der Waals surface area contributed by atoms with E-state index in [1.807, 2.05) is 31.2 Å². The first-order valence-electron chi connectivity index (χ1n) is 8.64. The standard InChI is InChI=1S/C21H20N4O3/c1-13-5-4-6-17(11-13)25-20(26)18-12-19(23-14(2)22-18)24-16-9-7-15(8-10-16)21(27)28-3/h4-12H,1-3H3,(H,25,26)(H,22,23,24). The van der Waals surface area contributed by atoms with Gasteiger partial charge < -0.3 is 15.4 Å². The fourth-order valence-electron chi connectivity index (χ4n) is 2.62.